The summed E-state index contributed by atoms with van der Waals surface area (Å²) in [6.45, 7) is 5.04. The molecule has 0 aliphatic carbocycles. The van der Waals surface area contributed by atoms with Gasteiger partial charge < -0.3 is 59.1 Å². The second-order valence-corrected chi connectivity index (χ2v) is 35.8. The molecule has 1 aliphatic rings. The first-order chi connectivity index (χ1) is 64.8. The van der Waals surface area contributed by atoms with Crippen molar-refractivity contribution in [1.82, 2.24) is 71.8 Å². The third-order valence-corrected chi connectivity index (χ3v) is 25.6. The molecule has 0 bridgehead atoms. The summed E-state index contributed by atoms with van der Waals surface area (Å²) in [5.74, 6) is -6.95. The molecule has 1 fully saturated rings. The van der Waals surface area contributed by atoms with Crippen LogP contribution in [-0.2, 0) is 55.2 Å². The summed E-state index contributed by atoms with van der Waals surface area (Å²) in [5.41, 5.74) is -10.9. The number of carbonyl (C=O) groups is 4. The van der Waals surface area contributed by atoms with E-state index >= 15 is 0 Å². The summed E-state index contributed by atoms with van der Waals surface area (Å²) in [5, 5.41) is 36.4. The van der Waals surface area contributed by atoms with Gasteiger partial charge in [0.15, 0.2) is 23.0 Å². The van der Waals surface area contributed by atoms with Crippen LogP contribution in [0.2, 0.25) is 10.0 Å². The number of thiophene rings is 3. The molecule has 7 aromatic carbocycles. The number of aromatic amines is 4. The lowest BCUT2D eigenvalue weighted by Crippen LogP contribution is -2.37. The zero-order chi connectivity index (χ0) is 98.4. The van der Waals surface area contributed by atoms with E-state index in [2.05, 4.69) is 37.1 Å². The van der Waals surface area contributed by atoms with Crippen LogP contribution in [-0.4, -0.2) is 125 Å². The zero-order valence-electron chi connectivity index (χ0n) is 69.8. The summed E-state index contributed by atoms with van der Waals surface area (Å²) in [7, 11) is -2.37. The number of carboxylic acid groups (broad SMARTS) is 2. The average Bonchev–Trinajstić information content (AvgIpc) is 1.57. The van der Waals surface area contributed by atoms with Gasteiger partial charge in [-0.3, -0.25) is 28.8 Å². The molecule has 1 saturated heterocycles. The van der Waals surface area contributed by atoms with Crippen molar-refractivity contribution < 1.29 is 86.1 Å². The molecule has 1 atom stereocenters. The lowest BCUT2D eigenvalue weighted by atomic mass is 10.1. The molecule has 1 unspecified atom stereocenters. The van der Waals surface area contributed by atoms with Crippen LogP contribution >= 0.6 is 57.2 Å². The molecule has 9 N–H and O–H groups in total. The molecule has 18 aromatic rings. The molecule has 0 radical (unpaired) electrons. The number of halogens is 13. The molecule has 2 amide bonds. The highest BCUT2D eigenvalue weighted by Gasteiger charge is 2.39. The van der Waals surface area contributed by atoms with Gasteiger partial charge in [0, 0.05) is 96.1 Å². The van der Waals surface area contributed by atoms with Crippen LogP contribution in [0.1, 0.15) is 76.2 Å². The number of fused-ring (bicyclic) bond motifs is 8. The number of benzene rings is 7. The summed E-state index contributed by atoms with van der Waals surface area (Å²) < 4.78 is 183. The highest BCUT2D eigenvalue weighted by atomic mass is 35.5. The fraction of sp³-hybridized carbons (Fsp3) is 0.146. The van der Waals surface area contributed by atoms with Crippen molar-refractivity contribution in [2.75, 3.05) is 25.9 Å². The number of allylic oxidation sites excluding steroid dienone is 1. The second kappa shape index (κ2) is 36.6. The Morgan fingerprint density at radius 3 is 1.34 bits per heavy atom. The predicted octanol–water partition coefficient (Wildman–Crippen LogP) is 14.6. The molecule has 1 aliphatic heterocycles. The molecular formula is C89H62Cl2F11N15O16S4. The molecule has 12 heterocycles. The topological polar surface area (TPSA) is 418 Å². The van der Waals surface area contributed by atoms with Crippen molar-refractivity contribution in [3.8, 4) is 22.7 Å². The third kappa shape index (κ3) is 18.0. The first kappa shape index (κ1) is 95.1. The van der Waals surface area contributed by atoms with Crippen LogP contribution in [0.15, 0.2) is 223 Å². The van der Waals surface area contributed by atoms with Crippen LogP contribution in [0, 0.1) is 17.6 Å². The molecular weight excluding hydrogens is 1940 g/mol. The van der Waals surface area contributed by atoms with E-state index in [-0.39, 0.29) is 101 Å². The normalized spacial score (nSPS) is 13.1. The molecule has 48 heteroatoms. The number of carboxylic acids is 2. The Labute approximate surface area is 777 Å². The highest BCUT2D eigenvalue weighted by Crippen LogP contribution is 2.42. The number of alkyl halides is 9. The number of hydrogen-bond acceptors (Lipinski definition) is 18. The van der Waals surface area contributed by atoms with Crippen molar-refractivity contribution in [3.05, 3.63) is 340 Å². The maximum Gasteiger partial charge on any atom is 0.416 e. The van der Waals surface area contributed by atoms with E-state index < -0.39 is 160 Å². The zero-order valence-corrected chi connectivity index (χ0v) is 74.6. The maximum atomic E-state index is 14.4. The predicted molar refractivity (Wildman–Crippen MR) is 493 cm³/mol. The Balaban J connectivity index is 0.000000132. The fourth-order valence-corrected chi connectivity index (χ4v) is 19.3. The lowest BCUT2D eigenvalue weighted by Gasteiger charge is -2.13. The number of nitrogens with zero attached hydrogens (tertiary/aromatic N) is 8. The Morgan fingerprint density at radius 2 is 0.898 bits per heavy atom. The van der Waals surface area contributed by atoms with Gasteiger partial charge in [0.1, 0.15) is 11.4 Å². The number of aryl methyl sites for hydroxylation is 1. The second-order valence-electron chi connectivity index (χ2n) is 30.9. The van der Waals surface area contributed by atoms with Gasteiger partial charge in [-0.2, -0.15) is 39.5 Å². The summed E-state index contributed by atoms with van der Waals surface area (Å²) >= 11 is 15.5. The van der Waals surface area contributed by atoms with Gasteiger partial charge in [0.2, 0.25) is 10.0 Å². The lowest BCUT2D eigenvalue weighted by molar-refractivity contribution is -0.138. The Kier molecular flexibility index (Phi) is 25.4. The number of aromatic carboxylic acids is 2. The number of rotatable bonds is 17. The monoisotopic (exact) mass is 2000 g/mol. The van der Waals surface area contributed by atoms with Crippen molar-refractivity contribution in [1.29, 1.82) is 0 Å². The van der Waals surface area contributed by atoms with Crippen LogP contribution in [0.4, 0.5) is 48.3 Å². The molecule has 704 valence electrons. The van der Waals surface area contributed by atoms with Gasteiger partial charge in [-0.15, -0.1) is 40.6 Å². The van der Waals surface area contributed by atoms with E-state index in [0.717, 1.165) is 105 Å². The largest absolute Gasteiger partial charge is 0.477 e. The number of sulfonamides is 1. The van der Waals surface area contributed by atoms with E-state index in [0.29, 0.717) is 88.0 Å². The van der Waals surface area contributed by atoms with E-state index in [4.69, 9.17) is 23.2 Å². The Hall–Kier alpha value is -15.1. The van der Waals surface area contributed by atoms with Crippen molar-refractivity contribution in [2.45, 2.75) is 44.6 Å². The SMILES string of the molecule is C=CCn1c(C(=O)NS(C)(=O)=O)c(-n2c(=O)[nH]c3cscc3c2=O)c2cc(C(F)(F)F)ccc21.Cn1c(C(=O)NCC2CCNC2)c(-n2c(=O)[nH]c3ccccc3c2=O)c2cc(Cl)ccc21.O=C(O)c1c(-n2c(=O)[nH]c3cscc3c2=O)c2cc(C(F)(F)F)ccc2n1Cc1ccc(Cl)cc1.O=C(O)c1c(-n2c(=O)[nH]c3cscc3c2=O)c2cc(C(F)(F)F)ccc2n1Cc1cccc(F)c1F. The number of nitrogens with one attached hydrogen (secondary N) is 7. The van der Waals surface area contributed by atoms with E-state index in [1.54, 1.807) is 83.1 Å². The van der Waals surface area contributed by atoms with Crippen molar-refractivity contribution in [2.24, 2.45) is 13.0 Å². The van der Waals surface area contributed by atoms with Gasteiger partial charge in [-0.05, 0) is 134 Å². The Bertz CT molecular complexity index is 8760. The number of H-pyrrole nitrogens is 4. The van der Waals surface area contributed by atoms with Gasteiger partial charge >= 0.3 is 53.2 Å². The quantitative estimate of drug-likeness (QED) is 0.0302. The first-order valence-electron chi connectivity index (χ1n) is 40.0. The van der Waals surface area contributed by atoms with Crippen LogP contribution in [0.5, 0.6) is 0 Å². The standard InChI is InChI=1S/C23H13ClF3N3O4S.C23H22ClN5O3.C23H12F5N3O4S.C20H15F3N4O5S2/c24-13-4-1-11(2-5-13)8-29-17-6-3-12(23(25,26)27)7-14(17)18(19(29)21(32)33)30-20(31)15-9-35-10-16(15)28-22(30)34;1-28-18-7-6-14(24)10-16(18)19(20(28)21(30)26-12-13-8-9-25-11-13)29-22(31)15-4-2-3-5-17(15)27-23(29)32;24-14-3-1-2-10(17(14)25)7-30-16-5-4-11(23(26,27)28)6-12(16)18(19(30)21(33)34)31-20(32)13-8-36-9-15(13)29-22(31)35;1-3-6-26-14-5-4-10(20(21,22)23)7-11(14)15(16(26)17(28)25-34(2,31)32)27-18(29)12-8-33-9-13(12)24-19(27)30/h1-7,9-10H,8H2,(H,28,34)(H,32,33);2-7,10,13,25H,8-9,11-12H2,1H3,(H,26,30)(H,27,32);1-6,8-9H,7H2,(H,29,35)(H,33,34);3-5,7-9H,1,6H2,2H3,(H,24,30)(H,25,28). The molecule has 11 aromatic heterocycles. The smallest absolute Gasteiger partial charge is 0.416 e. The van der Waals surface area contributed by atoms with Gasteiger partial charge in [-0.25, -0.2) is 69.0 Å². The van der Waals surface area contributed by atoms with E-state index in [1.807, 2.05) is 0 Å². The molecule has 19 rings (SSSR count). The highest BCUT2D eigenvalue weighted by molar-refractivity contribution is 7.89. The van der Waals surface area contributed by atoms with Gasteiger partial charge in [-0.1, -0.05) is 65.7 Å². The van der Waals surface area contributed by atoms with Gasteiger partial charge in [0.25, 0.3) is 34.1 Å². The minimum absolute atomic E-state index is 0.0139. The van der Waals surface area contributed by atoms with E-state index in [9.17, 15) is 124 Å². The minimum Gasteiger partial charge on any atom is -0.477 e. The number of amides is 2. The van der Waals surface area contributed by atoms with Crippen LogP contribution in [0.25, 0.3) is 110 Å². The molecule has 137 heavy (non-hydrogen) atoms. The van der Waals surface area contributed by atoms with Crippen molar-refractivity contribution in [3.63, 3.8) is 0 Å². The third-order valence-electron chi connectivity index (χ3n) is 22.3. The van der Waals surface area contributed by atoms with E-state index in [1.165, 1.54) is 59.6 Å². The molecule has 0 saturated carbocycles. The average molecular weight is 2010 g/mol. The summed E-state index contributed by atoms with van der Waals surface area (Å²) in [4.78, 5) is 166. The summed E-state index contributed by atoms with van der Waals surface area (Å²) in [6.07, 6.45) is -11.3. The number of aromatic nitrogens is 12. The van der Waals surface area contributed by atoms with Crippen molar-refractivity contribution >= 4 is 178 Å². The Morgan fingerprint density at radius 1 is 0.482 bits per heavy atom. The number of carbonyl (C=O) groups excluding carboxylic acids is 2. The first-order valence-corrected chi connectivity index (χ1v) is 45.4. The number of para-hydroxylation sites is 1. The minimum atomic E-state index is -4.83. The number of hydrogen-bond donors (Lipinski definition) is 9. The molecule has 0 spiro atoms. The fourth-order valence-electron chi connectivity index (χ4n) is 16.3. The van der Waals surface area contributed by atoms with Gasteiger partial charge in [0.05, 0.1) is 118 Å². The molecule has 31 nitrogen and oxygen atoms in total. The summed E-state index contributed by atoms with van der Waals surface area (Å²) in [6, 6.07) is 29.1. The van der Waals surface area contributed by atoms with Crippen LogP contribution < -0.4 is 60.4 Å². The van der Waals surface area contributed by atoms with Crippen LogP contribution in [0.3, 0.4) is 0 Å². The maximum absolute atomic E-state index is 14.4.